The number of likely N-dealkylation sites (tertiary alicyclic amines) is 1. The number of aromatic nitrogens is 1. The van der Waals surface area contributed by atoms with Crippen LogP contribution in [0.2, 0.25) is 0 Å². The summed E-state index contributed by atoms with van der Waals surface area (Å²) in [6.45, 7) is 3.39. The lowest BCUT2D eigenvalue weighted by Gasteiger charge is -2.27. The second-order valence-electron chi connectivity index (χ2n) is 7.77. The Balaban J connectivity index is 1.87. The monoisotopic (exact) mass is 422 g/mol. The molecule has 1 amide bonds. The average molecular weight is 423 g/mol. The molecule has 2 heterocycles. The van der Waals surface area contributed by atoms with Crippen molar-refractivity contribution in [2.75, 3.05) is 13.1 Å². The third-order valence-electron chi connectivity index (χ3n) is 5.64. The third-order valence-corrected chi connectivity index (χ3v) is 7.51. The van der Waals surface area contributed by atoms with Crippen molar-refractivity contribution in [3.05, 3.63) is 65.9 Å². The number of piperidine rings is 1. The van der Waals surface area contributed by atoms with E-state index in [4.69, 9.17) is 0 Å². The molecule has 4 rings (SSSR count). The van der Waals surface area contributed by atoms with Crippen molar-refractivity contribution in [2.45, 2.75) is 48.8 Å². The molecule has 2 aromatic carbocycles. The molecule has 3 aromatic rings. The molecule has 0 aliphatic carbocycles. The van der Waals surface area contributed by atoms with E-state index >= 15 is 0 Å². The Bertz CT molecular complexity index is 1160. The standard InChI is InChI=1S/C24H26N2O3S/c1-2-8-18-11-13-19(14-12-18)30(28,29)23-20-9-4-5-10-22(20)25-17-21(23)24(27)26-15-6-3-7-16-26/h4-5,9-14,17H,2-3,6-8,15-16H2,1H3. The lowest BCUT2D eigenvalue weighted by Crippen LogP contribution is -2.36. The van der Waals surface area contributed by atoms with Crippen LogP contribution in [0.15, 0.2) is 64.5 Å². The molecule has 0 N–H and O–H groups in total. The first-order valence-corrected chi connectivity index (χ1v) is 12.0. The SMILES string of the molecule is CCCc1ccc(S(=O)(=O)c2c(C(=O)N3CCCCC3)cnc3ccccc23)cc1. The zero-order valence-electron chi connectivity index (χ0n) is 17.2. The molecule has 1 aliphatic rings. The van der Waals surface area contributed by atoms with E-state index in [1.54, 1.807) is 35.2 Å². The van der Waals surface area contributed by atoms with Gasteiger partial charge in [0.05, 0.1) is 20.9 Å². The van der Waals surface area contributed by atoms with Gasteiger partial charge in [0.2, 0.25) is 9.84 Å². The number of benzene rings is 2. The molecule has 1 aromatic heterocycles. The molecular formula is C24H26N2O3S. The molecular weight excluding hydrogens is 396 g/mol. The normalized spacial score (nSPS) is 14.8. The van der Waals surface area contributed by atoms with Crippen molar-refractivity contribution in [1.29, 1.82) is 0 Å². The summed E-state index contributed by atoms with van der Waals surface area (Å²) >= 11 is 0. The van der Waals surface area contributed by atoms with Gasteiger partial charge in [-0.25, -0.2) is 8.42 Å². The predicted octanol–water partition coefficient (Wildman–Crippen LogP) is 4.65. The summed E-state index contributed by atoms with van der Waals surface area (Å²) in [4.78, 5) is 19.7. The molecule has 1 fully saturated rings. The quantitative estimate of drug-likeness (QED) is 0.600. The molecule has 30 heavy (non-hydrogen) atoms. The van der Waals surface area contributed by atoms with Crippen molar-refractivity contribution in [3.63, 3.8) is 0 Å². The average Bonchev–Trinajstić information content (AvgIpc) is 2.79. The fourth-order valence-electron chi connectivity index (χ4n) is 4.07. The first-order valence-electron chi connectivity index (χ1n) is 10.5. The van der Waals surface area contributed by atoms with Crippen LogP contribution in [0.3, 0.4) is 0 Å². The summed E-state index contributed by atoms with van der Waals surface area (Å²) in [6, 6.07) is 14.1. The number of rotatable bonds is 5. The minimum absolute atomic E-state index is 0.0620. The number of hydrogen-bond acceptors (Lipinski definition) is 4. The van der Waals surface area contributed by atoms with E-state index in [0.717, 1.165) is 37.7 Å². The maximum Gasteiger partial charge on any atom is 0.256 e. The molecule has 1 aliphatic heterocycles. The Kier molecular flexibility index (Phi) is 5.86. The number of fused-ring (bicyclic) bond motifs is 1. The Morgan fingerprint density at radius 3 is 2.40 bits per heavy atom. The third kappa shape index (κ3) is 3.84. The van der Waals surface area contributed by atoms with E-state index in [0.29, 0.717) is 24.0 Å². The van der Waals surface area contributed by atoms with Gasteiger partial charge in [-0.05, 0) is 49.4 Å². The first kappa shape index (κ1) is 20.5. The number of hydrogen-bond donors (Lipinski definition) is 0. The summed E-state index contributed by atoms with van der Waals surface area (Å²) < 4.78 is 27.5. The highest BCUT2D eigenvalue weighted by molar-refractivity contribution is 7.91. The van der Waals surface area contributed by atoms with Crippen LogP contribution in [0.4, 0.5) is 0 Å². The maximum absolute atomic E-state index is 13.7. The number of carbonyl (C=O) groups is 1. The van der Waals surface area contributed by atoms with Crippen molar-refractivity contribution < 1.29 is 13.2 Å². The van der Waals surface area contributed by atoms with Crippen LogP contribution in [0, 0.1) is 0 Å². The second-order valence-corrected chi connectivity index (χ2v) is 9.65. The Morgan fingerprint density at radius 2 is 1.70 bits per heavy atom. The largest absolute Gasteiger partial charge is 0.339 e. The van der Waals surface area contributed by atoms with Gasteiger partial charge >= 0.3 is 0 Å². The maximum atomic E-state index is 13.7. The zero-order valence-corrected chi connectivity index (χ0v) is 18.0. The van der Waals surface area contributed by atoms with Gasteiger partial charge in [-0.1, -0.05) is 43.7 Å². The van der Waals surface area contributed by atoms with E-state index in [2.05, 4.69) is 11.9 Å². The number of pyridine rings is 1. The lowest BCUT2D eigenvalue weighted by molar-refractivity contribution is 0.0720. The molecule has 0 spiro atoms. The summed E-state index contributed by atoms with van der Waals surface area (Å²) in [6.07, 6.45) is 6.29. The van der Waals surface area contributed by atoms with Crippen LogP contribution in [0.1, 0.15) is 48.5 Å². The lowest BCUT2D eigenvalue weighted by atomic mass is 10.1. The van der Waals surface area contributed by atoms with Crippen LogP contribution in [0.25, 0.3) is 10.9 Å². The van der Waals surface area contributed by atoms with Gasteiger partial charge in [0.1, 0.15) is 0 Å². The minimum Gasteiger partial charge on any atom is -0.339 e. The number of para-hydroxylation sites is 1. The molecule has 0 radical (unpaired) electrons. The fourth-order valence-corrected chi connectivity index (χ4v) is 5.69. The number of carbonyl (C=O) groups excluding carboxylic acids is 1. The van der Waals surface area contributed by atoms with Crippen LogP contribution < -0.4 is 0 Å². The zero-order chi connectivity index (χ0) is 21.1. The van der Waals surface area contributed by atoms with Crippen molar-refractivity contribution in [1.82, 2.24) is 9.88 Å². The fraction of sp³-hybridized carbons (Fsp3) is 0.333. The molecule has 0 saturated carbocycles. The van der Waals surface area contributed by atoms with E-state index in [-0.39, 0.29) is 21.3 Å². The van der Waals surface area contributed by atoms with Gasteiger partial charge in [-0.3, -0.25) is 9.78 Å². The van der Waals surface area contributed by atoms with Crippen LogP contribution in [-0.2, 0) is 16.3 Å². The van der Waals surface area contributed by atoms with Crippen LogP contribution in [0.5, 0.6) is 0 Å². The first-order chi connectivity index (χ1) is 14.5. The van der Waals surface area contributed by atoms with Gasteiger partial charge < -0.3 is 4.90 Å². The van der Waals surface area contributed by atoms with E-state index < -0.39 is 9.84 Å². The van der Waals surface area contributed by atoms with Crippen molar-refractivity contribution >= 4 is 26.6 Å². The Labute approximate surface area is 177 Å². The smallest absolute Gasteiger partial charge is 0.256 e. The van der Waals surface area contributed by atoms with Crippen LogP contribution >= 0.6 is 0 Å². The summed E-state index contributed by atoms with van der Waals surface area (Å²) in [7, 11) is -3.90. The summed E-state index contributed by atoms with van der Waals surface area (Å²) in [5.74, 6) is -0.255. The highest BCUT2D eigenvalue weighted by Gasteiger charge is 2.30. The number of aryl methyl sites for hydroxylation is 1. The van der Waals surface area contributed by atoms with Gasteiger partial charge in [-0.2, -0.15) is 0 Å². The summed E-state index contributed by atoms with van der Waals surface area (Å²) in [5, 5.41) is 0.484. The molecule has 5 nitrogen and oxygen atoms in total. The molecule has 0 bridgehead atoms. The van der Waals surface area contributed by atoms with Gasteiger partial charge in [0.25, 0.3) is 5.91 Å². The Hall–Kier alpha value is -2.73. The highest BCUT2D eigenvalue weighted by atomic mass is 32.2. The molecule has 6 heteroatoms. The topological polar surface area (TPSA) is 67.3 Å². The molecule has 0 unspecified atom stereocenters. The van der Waals surface area contributed by atoms with E-state index in [1.165, 1.54) is 6.20 Å². The number of amides is 1. The summed E-state index contributed by atoms with van der Waals surface area (Å²) in [5.41, 5.74) is 1.82. The Morgan fingerprint density at radius 1 is 1.00 bits per heavy atom. The molecule has 1 saturated heterocycles. The predicted molar refractivity (Wildman–Crippen MR) is 117 cm³/mol. The van der Waals surface area contributed by atoms with E-state index in [1.807, 2.05) is 18.2 Å². The van der Waals surface area contributed by atoms with Gasteiger partial charge in [-0.15, -0.1) is 0 Å². The number of nitrogens with zero attached hydrogens (tertiary/aromatic N) is 2. The van der Waals surface area contributed by atoms with Gasteiger partial charge in [0, 0.05) is 24.7 Å². The van der Waals surface area contributed by atoms with Gasteiger partial charge in [0.15, 0.2) is 0 Å². The highest BCUT2D eigenvalue weighted by Crippen LogP contribution is 2.32. The van der Waals surface area contributed by atoms with E-state index in [9.17, 15) is 13.2 Å². The van der Waals surface area contributed by atoms with Crippen molar-refractivity contribution in [2.24, 2.45) is 0 Å². The number of sulfone groups is 1. The van der Waals surface area contributed by atoms with Crippen molar-refractivity contribution in [3.8, 4) is 0 Å². The molecule has 156 valence electrons. The second kappa shape index (κ2) is 8.56. The minimum atomic E-state index is -3.90. The molecule has 0 atom stereocenters. The van der Waals surface area contributed by atoms with Crippen LogP contribution in [-0.4, -0.2) is 37.3 Å².